The predicted octanol–water partition coefficient (Wildman–Crippen LogP) is 4.25. The molecule has 1 aliphatic rings. The maximum Gasteiger partial charge on any atom is 0.408 e. The minimum Gasteiger partial charge on any atom is -0.467 e. The zero-order valence-corrected chi connectivity index (χ0v) is 46.0. The predicted molar refractivity (Wildman–Crippen MR) is 281 cm³/mol. The Labute approximate surface area is 437 Å². The van der Waals surface area contributed by atoms with Crippen molar-refractivity contribution in [2.45, 2.75) is 182 Å². The van der Waals surface area contributed by atoms with Gasteiger partial charge in [-0.05, 0) is 95.1 Å². The van der Waals surface area contributed by atoms with Crippen molar-refractivity contribution < 1.29 is 52.6 Å². The maximum absolute atomic E-state index is 14.5. The molecule has 1 aliphatic heterocycles. The van der Waals surface area contributed by atoms with Crippen LogP contribution < -0.4 is 37.2 Å². The van der Waals surface area contributed by atoms with E-state index >= 15 is 0 Å². The Balaban J connectivity index is 1.82. The summed E-state index contributed by atoms with van der Waals surface area (Å²) in [5.74, 6) is -5.96. The van der Waals surface area contributed by atoms with Crippen molar-refractivity contribution in [2.24, 2.45) is 23.7 Å². The summed E-state index contributed by atoms with van der Waals surface area (Å²) >= 11 is 0. The van der Waals surface area contributed by atoms with Crippen molar-refractivity contribution in [2.75, 3.05) is 13.7 Å². The zero-order chi connectivity index (χ0) is 55.7. The fourth-order valence-electron chi connectivity index (χ4n) is 8.43. The molecule has 0 saturated carbocycles. The Hall–Kier alpha value is -6.53. The summed E-state index contributed by atoms with van der Waals surface area (Å²) in [6.07, 6.45) is 0.481. The van der Waals surface area contributed by atoms with E-state index in [1.54, 1.807) is 97.0 Å². The lowest BCUT2D eigenvalue weighted by Crippen LogP contribution is -2.63. The van der Waals surface area contributed by atoms with Crippen molar-refractivity contribution in [3.8, 4) is 0 Å². The highest BCUT2D eigenvalue weighted by Gasteiger charge is 2.43. The molecule has 410 valence electrons. The van der Waals surface area contributed by atoms with E-state index in [4.69, 9.17) is 9.47 Å². The van der Waals surface area contributed by atoms with Gasteiger partial charge in [-0.3, -0.25) is 33.6 Å². The minimum atomic E-state index is -1.62. The Morgan fingerprint density at radius 1 is 0.581 bits per heavy atom. The van der Waals surface area contributed by atoms with Gasteiger partial charge in [-0.25, -0.2) is 9.59 Å². The molecule has 74 heavy (non-hydrogen) atoms. The second-order valence-corrected chi connectivity index (χ2v) is 22.3. The third kappa shape index (κ3) is 19.7. The molecule has 2 aromatic carbocycles. The number of hydrogen-bond donors (Lipinski definition) is 7. The van der Waals surface area contributed by atoms with Crippen LogP contribution in [0.15, 0.2) is 60.7 Å². The van der Waals surface area contributed by atoms with E-state index in [9.17, 15) is 43.2 Å². The van der Waals surface area contributed by atoms with Gasteiger partial charge in [0, 0.05) is 19.4 Å². The maximum atomic E-state index is 14.5. The first kappa shape index (κ1) is 61.8. The van der Waals surface area contributed by atoms with Gasteiger partial charge in [0.15, 0.2) is 0 Å². The lowest BCUT2D eigenvalue weighted by Gasteiger charge is -2.34. The van der Waals surface area contributed by atoms with Crippen LogP contribution in [0.1, 0.15) is 127 Å². The van der Waals surface area contributed by atoms with Crippen LogP contribution in [0.2, 0.25) is 0 Å². The summed E-state index contributed by atoms with van der Waals surface area (Å²) in [6, 6.07) is 10.4. The topological polar surface area (TPSA) is 260 Å². The standard InChI is InChI=1S/C55H84N8O11/c1-32(2)28-38(45(64)56-41(31-37-24-19-16-20-25-37)48(67)61-44(35(7)8)51(70)73-14)58-52(71)55(12,13)62-49(68)42-26-21-27-63(42)50(69)43(34(5)6)60-47(66)40(30-36-22-17-15-18-23-36)57-46(65)39(29-33(3)4)59-53(72)74-54(9,10)11/h15-20,22-25,32-35,38-44H,21,26-31H2,1-14H3,(H,56,64)(H,57,65)(H,58,71)(H,59,72)(H,60,66)(H,61,67)(H,62,68)/t38-,39-,40-,41-,42+,43-,44-/m0/s1. The van der Waals surface area contributed by atoms with E-state index in [1.165, 1.54) is 25.9 Å². The third-order valence-corrected chi connectivity index (χ3v) is 12.4. The smallest absolute Gasteiger partial charge is 0.408 e. The van der Waals surface area contributed by atoms with Crippen LogP contribution in [-0.2, 0) is 60.7 Å². The summed E-state index contributed by atoms with van der Waals surface area (Å²) in [6.45, 7) is 22.8. The van der Waals surface area contributed by atoms with Crippen LogP contribution in [0.5, 0.6) is 0 Å². The van der Waals surface area contributed by atoms with Crippen LogP contribution in [0, 0.1) is 23.7 Å². The Bertz CT molecular complexity index is 2230. The van der Waals surface area contributed by atoms with Gasteiger partial charge < -0.3 is 51.6 Å². The number of ether oxygens (including phenoxy) is 2. The monoisotopic (exact) mass is 1030 g/mol. The molecule has 19 heteroatoms. The Morgan fingerprint density at radius 3 is 1.43 bits per heavy atom. The molecule has 1 saturated heterocycles. The summed E-state index contributed by atoms with van der Waals surface area (Å²) in [4.78, 5) is 126. The molecule has 1 heterocycles. The minimum absolute atomic E-state index is 0.0197. The van der Waals surface area contributed by atoms with E-state index in [-0.39, 0.29) is 56.4 Å². The van der Waals surface area contributed by atoms with Crippen molar-refractivity contribution in [1.82, 2.24) is 42.1 Å². The first-order valence-electron chi connectivity index (χ1n) is 25.8. The number of esters is 1. The molecule has 0 unspecified atom stereocenters. The molecule has 0 aliphatic carbocycles. The molecule has 0 radical (unpaired) electrons. The molecule has 3 rings (SSSR count). The second kappa shape index (κ2) is 28.2. The van der Waals surface area contributed by atoms with Crippen molar-refractivity contribution in [3.05, 3.63) is 71.8 Å². The van der Waals surface area contributed by atoms with Crippen LogP contribution in [0.3, 0.4) is 0 Å². The second-order valence-electron chi connectivity index (χ2n) is 22.3. The van der Waals surface area contributed by atoms with Crippen molar-refractivity contribution in [1.29, 1.82) is 0 Å². The molecule has 0 aromatic heterocycles. The molecule has 8 amide bonds. The number of carbonyl (C=O) groups excluding carboxylic acids is 9. The van der Waals surface area contributed by atoms with Crippen molar-refractivity contribution >= 4 is 53.4 Å². The highest BCUT2D eigenvalue weighted by Crippen LogP contribution is 2.23. The molecule has 7 atom stereocenters. The average molecular weight is 1030 g/mol. The lowest BCUT2D eigenvalue weighted by molar-refractivity contribution is -0.146. The van der Waals surface area contributed by atoms with Gasteiger partial charge in [-0.2, -0.15) is 0 Å². The van der Waals surface area contributed by atoms with Gasteiger partial charge in [0.1, 0.15) is 53.4 Å². The van der Waals surface area contributed by atoms with Crippen molar-refractivity contribution in [3.63, 3.8) is 0 Å². The Kier molecular flexibility index (Phi) is 23.6. The number of amides is 8. The highest BCUT2D eigenvalue weighted by molar-refractivity contribution is 5.99. The molecule has 19 nitrogen and oxygen atoms in total. The number of rotatable bonds is 25. The molecule has 2 aromatic rings. The van der Waals surface area contributed by atoms with Crippen LogP contribution >= 0.6 is 0 Å². The third-order valence-electron chi connectivity index (χ3n) is 12.4. The van der Waals surface area contributed by atoms with Gasteiger partial charge in [-0.1, -0.05) is 116 Å². The van der Waals surface area contributed by atoms with Crippen LogP contribution in [0.4, 0.5) is 4.79 Å². The largest absolute Gasteiger partial charge is 0.467 e. The van der Waals surface area contributed by atoms with E-state index in [0.29, 0.717) is 6.42 Å². The fourth-order valence-corrected chi connectivity index (χ4v) is 8.43. The number of benzene rings is 2. The molecular formula is C55H84N8O11. The molecule has 7 N–H and O–H groups in total. The number of nitrogens with zero attached hydrogens (tertiary/aromatic N) is 1. The van der Waals surface area contributed by atoms with Crippen LogP contribution in [-0.4, -0.2) is 125 Å². The lowest BCUT2D eigenvalue weighted by atomic mass is 9.97. The SMILES string of the molecule is COC(=O)[C@@H](NC(=O)[C@H](Cc1ccccc1)NC(=O)[C@H](CC(C)C)NC(=O)C(C)(C)NC(=O)[C@H]1CCCN1C(=O)[C@@H](NC(=O)[C@H](Cc1ccccc1)NC(=O)[C@H](CC(C)C)NC(=O)OC(C)(C)C)C(C)C)C(C)C. The van der Waals surface area contributed by atoms with Gasteiger partial charge >= 0.3 is 12.1 Å². The highest BCUT2D eigenvalue weighted by atomic mass is 16.6. The van der Waals surface area contributed by atoms with Gasteiger partial charge in [-0.15, -0.1) is 0 Å². The quantitative estimate of drug-likeness (QED) is 0.0692. The fraction of sp³-hybridized carbons (Fsp3) is 0.618. The first-order valence-corrected chi connectivity index (χ1v) is 25.8. The zero-order valence-electron chi connectivity index (χ0n) is 46.0. The normalized spacial score (nSPS) is 16.2. The van der Waals surface area contributed by atoms with E-state index in [0.717, 1.165) is 11.1 Å². The number of nitrogens with one attached hydrogen (secondary N) is 7. The molecular weight excluding hydrogens is 949 g/mol. The number of hydrogen-bond acceptors (Lipinski definition) is 11. The van der Waals surface area contributed by atoms with Gasteiger partial charge in [0.25, 0.3) is 0 Å². The van der Waals surface area contributed by atoms with Gasteiger partial charge in [0.05, 0.1) is 7.11 Å². The molecule has 0 bridgehead atoms. The van der Waals surface area contributed by atoms with E-state index in [2.05, 4.69) is 37.2 Å². The molecule has 1 fully saturated rings. The number of carbonyl (C=O) groups is 9. The summed E-state index contributed by atoms with van der Waals surface area (Å²) in [5.41, 5.74) is -0.972. The number of likely N-dealkylation sites (tertiary alicyclic amines) is 1. The van der Waals surface area contributed by atoms with E-state index < -0.39 is 113 Å². The van der Waals surface area contributed by atoms with E-state index in [1.807, 2.05) is 39.8 Å². The van der Waals surface area contributed by atoms with Crippen LogP contribution in [0.25, 0.3) is 0 Å². The number of methoxy groups -OCH3 is 1. The number of alkyl carbamates (subject to hydrolysis) is 1. The van der Waals surface area contributed by atoms with Gasteiger partial charge in [0.2, 0.25) is 41.4 Å². The average Bonchev–Trinajstić information content (AvgIpc) is 3.81. The summed E-state index contributed by atoms with van der Waals surface area (Å²) in [5, 5.41) is 19.4. The molecule has 0 spiro atoms. The summed E-state index contributed by atoms with van der Waals surface area (Å²) < 4.78 is 10.3. The Morgan fingerprint density at radius 2 is 1.01 bits per heavy atom. The first-order chi connectivity index (χ1) is 34.5. The summed E-state index contributed by atoms with van der Waals surface area (Å²) in [7, 11) is 1.22.